The molecule has 3 fully saturated rings. The van der Waals surface area contributed by atoms with E-state index in [1.165, 1.54) is 25.7 Å². The predicted molar refractivity (Wildman–Crippen MR) is 35.9 cm³/mol. The lowest BCUT2D eigenvalue weighted by Gasteiger charge is -2.38. The summed E-state index contributed by atoms with van der Waals surface area (Å²) in [6, 6.07) is 0. The predicted octanol–water partition coefficient (Wildman–Crippen LogP) is 1.39. The van der Waals surface area contributed by atoms with Gasteiger partial charge in [0.15, 0.2) is 0 Å². The quantitative estimate of drug-likeness (QED) is 0.542. The standard InChI is InChI=1S/C7H13N.H2/c1-8-7-3-2-6(4-7)5-7;/h6,8H,2-5H2,1H3;1H. The highest BCUT2D eigenvalue weighted by molar-refractivity contribution is 5.06. The Morgan fingerprint density at radius 2 is 2.38 bits per heavy atom. The minimum absolute atomic E-state index is 0. The van der Waals surface area contributed by atoms with Gasteiger partial charge in [-0.2, -0.15) is 0 Å². The van der Waals surface area contributed by atoms with Crippen molar-refractivity contribution in [2.75, 3.05) is 7.05 Å². The van der Waals surface area contributed by atoms with Gasteiger partial charge in [-0.15, -0.1) is 0 Å². The second-order valence-electron chi connectivity index (χ2n) is 3.34. The van der Waals surface area contributed by atoms with Crippen molar-refractivity contribution in [2.45, 2.75) is 31.2 Å². The van der Waals surface area contributed by atoms with Gasteiger partial charge in [-0.05, 0) is 38.6 Å². The average molecular weight is 113 g/mol. The van der Waals surface area contributed by atoms with Crippen molar-refractivity contribution in [1.29, 1.82) is 0 Å². The zero-order valence-electron chi connectivity index (χ0n) is 5.41. The Kier molecular flexibility index (Phi) is 0.762. The van der Waals surface area contributed by atoms with Gasteiger partial charge >= 0.3 is 0 Å². The molecule has 0 spiro atoms. The molecule has 0 aromatic carbocycles. The fourth-order valence-electron chi connectivity index (χ4n) is 2.26. The van der Waals surface area contributed by atoms with Crippen molar-refractivity contribution in [3.63, 3.8) is 0 Å². The fourth-order valence-corrected chi connectivity index (χ4v) is 2.26. The molecule has 0 aromatic rings. The lowest BCUT2D eigenvalue weighted by molar-refractivity contribution is 0.204. The smallest absolute Gasteiger partial charge is 0.0183 e. The largest absolute Gasteiger partial charge is 0.314 e. The van der Waals surface area contributed by atoms with Crippen molar-refractivity contribution in [3.8, 4) is 0 Å². The maximum absolute atomic E-state index is 3.41. The van der Waals surface area contributed by atoms with Gasteiger partial charge in [0.2, 0.25) is 0 Å². The van der Waals surface area contributed by atoms with Gasteiger partial charge in [0.25, 0.3) is 0 Å². The first-order valence-electron chi connectivity index (χ1n) is 3.54. The Bertz CT molecular complexity index is 102. The van der Waals surface area contributed by atoms with Crippen LogP contribution in [0.1, 0.15) is 27.1 Å². The minimum Gasteiger partial charge on any atom is -0.314 e. The van der Waals surface area contributed by atoms with Crippen molar-refractivity contribution < 1.29 is 1.43 Å². The van der Waals surface area contributed by atoms with Crippen LogP contribution in [0.2, 0.25) is 0 Å². The van der Waals surface area contributed by atoms with Crippen LogP contribution >= 0.6 is 0 Å². The fraction of sp³-hybridized carbons (Fsp3) is 1.00. The highest BCUT2D eigenvalue weighted by Gasteiger charge is 2.48. The van der Waals surface area contributed by atoms with Crippen LogP contribution in [-0.2, 0) is 0 Å². The van der Waals surface area contributed by atoms with E-state index in [1.807, 2.05) is 0 Å². The van der Waals surface area contributed by atoms with Crippen LogP contribution in [0.3, 0.4) is 0 Å². The molecule has 8 heavy (non-hydrogen) atoms. The SMILES string of the molecule is CNC12CCC(C1)C2.[HH]. The molecule has 1 heteroatoms. The molecule has 0 atom stereocenters. The summed E-state index contributed by atoms with van der Waals surface area (Å²) in [4.78, 5) is 0. The van der Waals surface area contributed by atoms with E-state index in [2.05, 4.69) is 12.4 Å². The number of hydrogen-bond acceptors (Lipinski definition) is 1. The van der Waals surface area contributed by atoms with E-state index < -0.39 is 0 Å². The summed E-state index contributed by atoms with van der Waals surface area (Å²) < 4.78 is 0. The molecule has 3 saturated carbocycles. The highest BCUT2D eigenvalue weighted by Crippen LogP contribution is 2.51. The molecule has 3 aliphatic rings. The third-order valence-corrected chi connectivity index (χ3v) is 2.92. The summed E-state index contributed by atoms with van der Waals surface area (Å²) in [6.07, 6.45) is 5.85. The molecule has 0 amide bonds. The summed E-state index contributed by atoms with van der Waals surface area (Å²) >= 11 is 0. The van der Waals surface area contributed by atoms with Crippen LogP contribution in [0.4, 0.5) is 0 Å². The highest BCUT2D eigenvalue weighted by atomic mass is 15.0. The van der Waals surface area contributed by atoms with Crippen LogP contribution in [0.25, 0.3) is 0 Å². The molecule has 1 nitrogen and oxygen atoms in total. The molecule has 0 aromatic heterocycles. The van der Waals surface area contributed by atoms with Crippen molar-refractivity contribution >= 4 is 0 Å². The van der Waals surface area contributed by atoms with Crippen LogP contribution in [0.15, 0.2) is 0 Å². The van der Waals surface area contributed by atoms with Crippen LogP contribution in [0.5, 0.6) is 0 Å². The molecule has 0 radical (unpaired) electrons. The van der Waals surface area contributed by atoms with E-state index in [9.17, 15) is 0 Å². The van der Waals surface area contributed by atoms with E-state index in [4.69, 9.17) is 0 Å². The molecular weight excluding hydrogens is 98.1 g/mol. The Morgan fingerprint density at radius 3 is 2.62 bits per heavy atom. The van der Waals surface area contributed by atoms with E-state index >= 15 is 0 Å². The summed E-state index contributed by atoms with van der Waals surface area (Å²) in [7, 11) is 2.10. The number of rotatable bonds is 1. The molecule has 3 rings (SSSR count). The molecular formula is C7H15N. The third-order valence-electron chi connectivity index (χ3n) is 2.92. The average Bonchev–Trinajstić information content (AvgIpc) is 2.17. The van der Waals surface area contributed by atoms with E-state index in [0.29, 0.717) is 5.54 Å². The first kappa shape index (κ1) is 4.80. The molecule has 3 aliphatic carbocycles. The zero-order chi connectivity index (χ0) is 5.61. The van der Waals surface area contributed by atoms with Gasteiger partial charge < -0.3 is 5.32 Å². The molecule has 1 N–H and O–H groups in total. The molecule has 0 aliphatic heterocycles. The van der Waals surface area contributed by atoms with E-state index in [1.54, 1.807) is 0 Å². The summed E-state index contributed by atoms with van der Waals surface area (Å²) in [5.41, 5.74) is 0.630. The van der Waals surface area contributed by atoms with Gasteiger partial charge in [0.1, 0.15) is 0 Å². The monoisotopic (exact) mass is 113 g/mol. The normalized spacial score (nSPS) is 51.4. The lowest BCUT2D eigenvalue weighted by atomic mass is 9.77. The maximum Gasteiger partial charge on any atom is 0.0183 e. The van der Waals surface area contributed by atoms with Crippen molar-refractivity contribution in [2.24, 2.45) is 5.92 Å². The summed E-state index contributed by atoms with van der Waals surface area (Å²) in [6.45, 7) is 0. The van der Waals surface area contributed by atoms with Gasteiger partial charge in [-0.3, -0.25) is 0 Å². The topological polar surface area (TPSA) is 12.0 Å². The number of fused-ring (bicyclic) bond motifs is 1. The van der Waals surface area contributed by atoms with Gasteiger partial charge in [-0.1, -0.05) is 0 Å². The summed E-state index contributed by atoms with van der Waals surface area (Å²) in [5.74, 6) is 1.10. The Morgan fingerprint density at radius 1 is 1.62 bits per heavy atom. The Labute approximate surface area is 52.0 Å². The third kappa shape index (κ3) is 0.408. The van der Waals surface area contributed by atoms with E-state index in [-0.39, 0.29) is 1.43 Å². The number of nitrogens with one attached hydrogen (secondary N) is 1. The van der Waals surface area contributed by atoms with Crippen molar-refractivity contribution in [1.82, 2.24) is 5.32 Å². The lowest BCUT2D eigenvalue weighted by Crippen LogP contribution is -2.46. The van der Waals surface area contributed by atoms with Gasteiger partial charge in [0, 0.05) is 6.97 Å². The Balaban J connectivity index is 0.000000405. The van der Waals surface area contributed by atoms with Gasteiger partial charge in [0.05, 0.1) is 0 Å². The summed E-state index contributed by atoms with van der Waals surface area (Å²) in [5, 5.41) is 3.41. The van der Waals surface area contributed by atoms with Crippen molar-refractivity contribution in [3.05, 3.63) is 0 Å². The first-order chi connectivity index (χ1) is 3.85. The number of hydrogen-bond donors (Lipinski definition) is 1. The maximum atomic E-state index is 3.41. The van der Waals surface area contributed by atoms with Crippen LogP contribution in [0, 0.1) is 5.92 Å². The van der Waals surface area contributed by atoms with Crippen LogP contribution < -0.4 is 5.32 Å². The second kappa shape index (κ2) is 1.27. The molecule has 0 heterocycles. The Hall–Kier alpha value is -0.0400. The first-order valence-corrected chi connectivity index (χ1v) is 3.54. The van der Waals surface area contributed by atoms with Gasteiger partial charge in [-0.25, -0.2) is 0 Å². The molecule has 0 unspecified atom stereocenters. The second-order valence-corrected chi connectivity index (χ2v) is 3.34. The van der Waals surface area contributed by atoms with E-state index in [0.717, 1.165) is 5.92 Å². The minimum atomic E-state index is 0. The molecule has 0 saturated heterocycles. The molecule has 2 bridgehead atoms. The molecule has 48 valence electrons. The zero-order valence-corrected chi connectivity index (χ0v) is 5.41. The van der Waals surface area contributed by atoms with Crippen LogP contribution in [-0.4, -0.2) is 12.6 Å².